The third kappa shape index (κ3) is 3.41. The summed E-state index contributed by atoms with van der Waals surface area (Å²) in [5.74, 6) is -0.246. The van der Waals surface area contributed by atoms with Gasteiger partial charge < -0.3 is 10.1 Å². The number of benzene rings is 2. The number of hydrogen-bond acceptors (Lipinski definition) is 4. The fourth-order valence-corrected chi connectivity index (χ4v) is 2.84. The molecule has 0 aliphatic carbocycles. The smallest absolute Gasteiger partial charge is 0.272 e. The molecule has 0 unspecified atom stereocenters. The van der Waals surface area contributed by atoms with Crippen LogP contribution < -0.4 is 5.43 Å². The van der Waals surface area contributed by atoms with Gasteiger partial charge in [-0.15, -0.1) is 0 Å². The lowest BCUT2D eigenvalue weighted by Crippen LogP contribution is -2.18. The van der Waals surface area contributed by atoms with E-state index in [9.17, 15) is 9.90 Å². The van der Waals surface area contributed by atoms with Gasteiger partial charge in [0.1, 0.15) is 5.75 Å². The van der Waals surface area contributed by atoms with Crippen LogP contribution in [0.3, 0.4) is 0 Å². The lowest BCUT2D eigenvalue weighted by Gasteiger charge is -2.10. The van der Waals surface area contributed by atoms with Crippen molar-refractivity contribution < 1.29 is 9.90 Å². The topological polar surface area (TPSA) is 90.4 Å². The van der Waals surface area contributed by atoms with Gasteiger partial charge >= 0.3 is 0 Å². The second-order valence-corrected chi connectivity index (χ2v) is 5.91. The summed E-state index contributed by atoms with van der Waals surface area (Å²) in [5.41, 5.74) is 5.50. The summed E-state index contributed by atoms with van der Waals surface area (Å²) in [4.78, 5) is 20.3. The van der Waals surface area contributed by atoms with E-state index >= 15 is 0 Å². The molecule has 1 amide bonds. The van der Waals surface area contributed by atoms with E-state index in [4.69, 9.17) is 0 Å². The summed E-state index contributed by atoms with van der Waals surface area (Å²) >= 11 is 0. The number of aromatic amines is 1. The number of para-hydroxylation sites is 2. The van der Waals surface area contributed by atoms with Crippen molar-refractivity contribution in [2.75, 3.05) is 0 Å². The van der Waals surface area contributed by atoms with Crippen LogP contribution in [0.2, 0.25) is 0 Å². The molecule has 27 heavy (non-hydrogen) atoms. The number of carbonyl (C=O) groups is 1. The number of nitrogens with zero attached hydrogens (tertiary/aromatic N) is 2. The molecule has 0 saturated heterocycles. The fraction of sp³-hybridized carbons (Fsp3) is 0. The quantitative estimate of drug-likeness (QED) is 0.385. The Kier molecular flexibility index (Phi) is 4.37. The molecule has 0 saturated carbocycles. The van der Waals surface area contributed by atoms with Crippen LogP contribution in [0, 0.1) is 0 Å². The summed E-state index contributed by atoms with van der Waals surface area (Å²) < 4.78 is 0. The molecule has 4 aromatic rings. The number of carbonyl (C=O) groups excluding carboxylic acids is 1. The highest BCUT2D eigenvalue weighted by molar-refractivity contribution is 6.07. The van der Waals surface area contributed by atoms with E-state index in [1.54, 1.807) is 30.5 Å². The summed E-state index contributed by atoms with van der Waals surface area (Å²) in [6.07, 6.45) is 3.31. The summed E-state index contributed by atoms with van der Waals surface area (Å²) in [6, 6.07) is 19.6. The van der Waals surface area contributed by atoms with E-state index in [1.165, 1.54) is 6.21 Å². The van der Waals surface area contributed by atoms with E-state index < -0.39 is 0 Å². The predicted molar refractivity (Wildman–Crippen MR) is 105 cm³/mol. The maximum absolute atomic E-state index is 12.7. The lowest BCUT2D eigenvalue weighted by molar-refractivity contribution is 0.0956. The first-order valence-electron chi connectivity index (χ1n) is 8.37. The van der Waals surface area contributed by atoms with Crippen molar-refractivity contribution in [3.05, 3.63) is 84.2 Å². The van der Waals surface area contributed by atoms with Crippen LogP contribution in [0.25, 0.3) is 22.2 Å². The SMILES string of the molecule is O=C(N/N=C\c1ccc[nH]1)c1cc(-c2ccccc2O)nc2ccccc12. The van der Waals surface area contributed by atoms with Crippen molar-refractivity contribution in [1.82, 2.24) is 15.4 Å². The van der Waals surface area contributed by atoms with E-state index in [1.807, 2.05) is 42.5 Å². The number of phenols is 1. The third-order valence-corrected chi connectivity index (χ3v) is 4.13. The van der Waals surface area contributed by atoms with Gasteiger partial charge in [-0.2, -0.15) is 5.10 Å². The highest BCUT2D eigenvalue weighted by Gasteiger charge is 2.15. The van der Waals surface area contributed by atoms with E-state index in [2.05, 4.69) is 20.5 Å². The molecule has 0 radical (unpaired) electrons. The molecule has 2 aromatic carbocycles. The van der Waals surface area contributed by atoms with Gasteiger partial charge in [0.25, 0.3) is 5.91 Å². The number of amides is 1. The summed E-state index contributed by atoms with van der Waals surface area (Å²) in [6.45, 7) is 0. The Labute approximate surface area is 155 Å². The molecule has 6 nitrogen and oxygen atoms in total. The van der Waals surface area contributed by atoms with Gasteiger partial charge in [-0.1, -0.05) is 30.3 Å². The Morgan fingerprint density at radius 1 is 1.07 bits per heavy atom. The molecule has 3 N–H and O–H groups in total. The van der Waals surface area contributed by atoms with Crippen LogP contribution in [-0.4, -0.2) is 27.2 Å². The first kappa shape index (κ1) is 16.5. The largest absolute Gasteiger partial charge is 0.507 e. The number of nitrogens with one attached hydrogen (secondary N) is 2. The van der Waals surface area contributed by atoms with Crippen LogP contribution in [-0.2, 0) is 0 Å². The van der Waals surface area contributed by atoms with Crippen molar-refractivity contribution in [1.29, 1.82) is 0 Å². The number of pyridine rings is 1. The minimum absolute atomic E-state index is 0.108. The number of rotatable bonds is 4. The average Bonchev–Trinajstić information content (AvgIpc) is 3.21. The maximum atomic E-state index is 12.7. The van der Waals surface area contributed by atoms with Gasteiger partial charge in [0.15, 0.2) is 0 Å². The molecule has 0 aliphatic heterocycles. The minimum Gasteiger partial charge on any atom is -0.507 e. The standard InChI is InChI=1S/C21H16N4O2/c26-20-10-4-2-8-16(20)19-12-17(15-7-1-3-9-18(15)24-19)21(27)25-23-13-14-6-5-11-22-14/h1-13,22,26H,(H,25,27)/b23-13-. The normalized spacial score (nSPS) is 11.1. The number of hydrazone groups is 1. The monoisotopic (exact) mass is 356 g/mol. The van der Waals surface area contributed by atoms with Crippen molar-refractivity contribution in [2.24, 2.45) is 5.10 Å². The van der Waals surface area contributed by atoms with Gasteiger partial charge in [0, 0.05) is 17.1 Å². The van der Waals surface area contributed by atoms with Crippen LogP contribution >= 0.6 is 0 Å². The molecule has 4 rings (SSSR count). The number of fused-ring (bicyclic) bond motifs is 1. The zero-order valence-electron chi connectivity index (χ0n) is 14.3. The van der Waals surface area contributed by atoms with Crippen LogP contribution in [0.1, 0.15) is 16.1 Å². The second kappa shape index (κ2) is 7.13. The molecule has 6 heteroatoms. The highest BCUT2D eigenvalue weighted by atomic mass is 16.3. The van der Waals surface area contributed by atoms with Crippen molar-refractivity contribution >= 4 is 23.0 Å². The zero-order valence-corrected chi connectivity index (χ0v) is 14.3. The van der Waals surface area contributed by atoms with Crippen molar-refractivity contribution in [3.63, 3.8) is 0 Å². The Morgan fingerprint density at radius 2 is 1.89 bits per heavy atom. The van der Waals surface area contributed by atoms with Crippen molar-refractivity contribution in [3.8, 4) is 17.0 Å². The third-order valence-electron chi connectivity index (χ3n) is 4.13. The van der Waals surface area contributed by atoms with E-state index in [0.717, 1.165) is 5.69 Å². The van der Waals surface area contributed by atoms with Gasteiger partial charge in [-0.3, -0.25) is 4.79 Å². The van der Waals surface area contributed by atoms with Crippen molar-refractivity contribution in [2.45, 2.75) is 0 Å². The van der Waals surface area contributed by atoms with E-state index in [-0.39, 0.29) is 11.7 Å². The number of phenolic OH excluding ortho intramolecular Hbond substituents is 1. The summed E-state index contributed by atoms with van der Waals surface area (Å²) in [7, 11) is 0. The summed E-state index contributed by atoms with van der Waals surface area (Å²) in [5, 5.41) is 14.8. The molecular formula is C21H16N4O2. The van der Waals surface area contributed by atoms with Crippen LogP contribution in [0.4, 0.5) is 0 Å². The Hall–Kier alpha value is -3.93. The lowest BCUT2D eigenvalue weighted by atomic mass is 10.0. The van der Waals surface area contributed by atoms with Gasteiger partial charge in [0.05, 0.1) is 28.7 Å². The second-order valence-electron chi connectivity index (χ2n) is 5.91. The first-order chi connectivity index (χ1) is 13.2. The zero-order chi connectivity index (χ0) is 18.6. The molecule has 2 aromatic heterocycles. The minimum atomic E-state index is -0.354. The molecule has 0 aliphatic rings. The fourth-order valence-electron chi connectivity index (χ4n) is 2.84. The molecule has 0 atom stereocenters. The molecule has 0 fully saturated rings. The Bertz CT molecular complexity index is 1130. The van der Waals surface area contributed by atoms with Crippen LogP contribution in [0.15, 0.2) is 78.0 Å². The molecule has 0 spiro atoms. The first-order valence-corrected chi connectivity index (χ1v) is 8.37. The highest BCUT2D eigenvalue weighted by Crippen LogP contribution is 2.30. The van der Waals surface area contributed by atoms with Crippen LogP contribution in [0.5, 0.6) is 5.75 Å². The van der Waals surface area contributed by atoms with Gasteiger partial charge in [0.2, 0.25) is 0 Å². The maximum Gasteiger partial charge on any atom is 0.272 e. The molecule has 2 heterocycles. The molecule has 132 valence electrons. The Balaban J connectivity index is 1.74. The van der Waals surface area contributed by atoms with E-state index in [0.29, 0.717) is 27.7 Å². The number of hydrogen-bond donors (Lipinski definition) is 3. The number of aromatic hydroxyl groups is 1. The molecule has 0 bridgehead atoms. The number of H-pyrrole nitrogens is 1. The average molecular weight is 356 g/mol. The molecular weight excluding hydrogens is 340 g/mol. The number of aromatic nitrogens is 2. The van der Waals surface area contributed by atoms with Gasteiger partial charge in [-0.25, -0.2) is 10.4 Å². The Morgan fingerprint density at radius 3 is 2.70 bits per heavy atom. The predicted octanol–water partition coefficient (Wildman–Crippen LogP) is 3.70. The van der Waals surface area contributed by atoms with Gasteiger partial charge in [-0.05, 0) is 36.4 Å².